The van der Waals surface area contributed by atoms with Gasteiger partial charge in [-0.25, -0.2) is 0 Å². The lowest BCUT2D eigenvalue weighted by molar-refractivity contribution is -0.515. The van der Waals surface area contributed by atoms with Crippen molar-refractivity contribution in [3.8, 4) is 0 Å². The quantitative estimate of drug-likeness (QED) is 0.405. The molecule has 0 fully saturated rings. The summed E-state index contributed by atoms with van der Waals surface area (Å²) in [4.78, 5) is 0. The summed E-state index contributed by atoms with van der Waals surface area (Å²) >= 11 is 0. The molecular weight excluding hydrogens is 64.0 g/mol. The molecule has 30 valence electrons. The predicted molar refractivity (Wildman–Crippen MR) is 19.5 cm³/mol. The third kappa shape index (κ3) is 3.60. The minimum Gasteiger partial charge on any atom is -0.508 e. The first-order valence-electron chi connectivity index (χ1n) is 1.67. The second-order valence-electron chi connectivity index (χ2n) is 1.28. The highest BCUT2D eigenvalue weighted by atomic mass is 15.0. The van der Waals surface area contributed by atoms with Crippen molar-refractivity contribution in [3.63, 3.8) is 0 Å². The van der Waals surface area contributed by atoms with E-state index in [0.29, 0.717) is 0 Å². The van der Waals surface area contributed by atoms with Gasteiger partial charge in [-0.1, -0.05) is 0 Å². The molecule has 0 aliphatic heterocycles. The molecule has 2 nitrogen and oxygen atoms in total. The maximum atomic E-state index is 7.89. The molecule has 0 saturated heterocycles. The molecule has 0 aromatic heterocycles. The van der Waals surface area contributed by atoms with Gasteiger partial charge in [-0.15, -0.1) is 0 Å². The zero-order valence-electron chi connectivity index (χ0n) is 3.52. The SMILES string of the molecule is CC(C)[NH+]=[N-]. The van der Waals surface area contributed by atoms with Gasteiger partial charge in [0.25, 0.3) is 0 Å². The fourth-order valence-corrected chi connectivity index (χ4v) is 0. The Hall–Kier alpha value is -0.400. The predicted octanol–water partition coefficient (Wildman–Crippen LogP) is -0.503. The van der Waals surface area contributed by atoms with Crippen molar-refractivity contribution in [2.75, 3.05) is 0 Å². The number of nitrogens with one attached hydrogen (secondary N) is 1. The zero-order valence-corrected chi connectivity index (χ0v) is 3.52. The molecule has 0 radical (unpaired) electrons. The molecule has 5 heavy (non-hydrogen) atoms. The Morgan fingerprint density at radius 1 is 1.60 bits per heavy atom. The van der Waals surface area contributed by atoms with Gasteiger partial charge in [0.15, 0.2) is 0 Å². The van der Waals surface area contributed by atoms with Gasteiger partial charge >= 0.3 is 0 Å². The second kappa shape index (κ2) is 1.88. The summed E-state index contributed by atoms with van der Waals surface area (Å²) in [5, 5.41) is 2.03. The van der Waals surface area contributed by atoms with Gasteiger partial charge in [0, 0.05) is 0 Å². The van der Waals surface area contributed by atoms with Crippen LogP contribution >= 0.6 is 0 Å². The second-order valence-corrected chi connectivity index (χ2v) is 1.28. The maximum absolute atomic E-state index is 7.89. The molecule has 0 unspecified atom stereocenters. The zero-order chi connectivity index (χ0) is 4.28. The normalized spacial score (nSPS) is 8.60. The molecule has 0 rings (SSSR count). The number of hydrogen-bond acceptors (Lipinski definition) is 0. The van der Waals surface area contributed by atoms with E-state index in [2.05, 4.69) is 0 Å². The molecule has 1 N–H and O–H groups in total. The van der Waals surface area contributed by atoms with E-state index in [9.17, 15) is 0 Å². The monoisotopic (exact) mass is 72.1 g/mol. The largest absolute Gasteiger partial charge is 0.508 e. The molecule has 0 heterocycles. The average molecular weight is 72.1 g/mol. The summed E-state index contributed by atoms with van der Waals surface area (Å²) in [6.07, 6.45) is 0. The highest BCUT2D eigenvalue weighted by Gasteiger charge is 1.78. The highest BCUT2D eigenvalue weighted by molar-refractivity contribution is 4.19. The van der Waals surface area contributed by atoms with Crippen LogP contribution in [-0.2, 0) is 0 Å². The van der Waals surface area contributed by atoms with Crippen molar-refractivity contribution in [3.05, 3.63) is 5.53 Å². The first-order valence-corrected chi connectivity index (χ1v) is 1.67. The van der Waals surface area contributed by atoms with Crippen LogP contribution in [-0.4, -0.2) is 6.04 Å². The fraction of sp³-hybridized carbons (Fsp3) is 1.00. The molecular formula is C3H8N2. The summed E-state index contributed by atoms with van der Waals surface area (Å²) in [7, 11) is 0. The van der Waals surface area contributed by atoms with E-state index in [1.165, 1.54) is 0 Å². The molecule has 2 heteroatoms. The third-order valence-corrected chi connectivity index (χ3v) is 0.258. The van der Waals surface area contributed by atoms with Crippen molar-refractivity contribution in [2.24, 2.45) is 0 Å². The van der Waals surface area contributed by atoms with Gasteiger partial charge in [-0.3, -0.25) is 0 Å². The molecule has 0 aliphatic rings. The van der Waals surface area contributed by atoms with Crippen molar-refractivity contribution >= 4 is 0 Å². The Labute approximate surface area is 31.7 Å². The molecule has 0 aliphatic carbocycles. The van der Waals surface area contributed by atoms with E-state index >= 15 is 0 Å². The third-order valence-electron chi connectivity index (χ3n) is 0.258. The standard InChI is InChI=1S/C3H8N2/c1-3(2)5-4/h3,5H,1-2H3. The van der Waals surface area contributed by atoms with Crippen LogP contribution in [0, 0.1) is 0 Å². The first kappa shape index (κ1) is 4.60. The van der Waals surface area contributed by atoms with E-state index in [1.54, 1.807) is 0 Å². The number of rotatable bonds is 1. The lowest BCUT2D eigenvalue weighted by Crippen LogP contribution is -2.68. The highest BCUT2D eigenvalue weighted by Crippen LogP contribution is 1.55. The van der Waals surface area contributed by atoms with Crippen LogP contribution in [0.15, 0.2) is 0 Å². The Kier molecular flexibility index (Phi) is 1.73. The summed E-state index contributed by atoms with van der Waals surface area (Å²) in [6.45, 7) is 3.72. The number of nitrogens with zero attached hydrogens (tertiary/aromatic N) is 1. The Bertz CT molecular complexity index is 31.9. The molecule has 0 aromatic carbocycles. The van der Waals surface area contributed by atoms with E-state index in [0.717, 1.165) is 0 Å². The average Bonchev–Trinajstić information content (AvgIpc) is 1.38. The maximum Gasteiger partial charge on any atom is 0.133 e. The molecule has 0 aromatic rings. The van der Waals surface area contributed by atoms with E-state index in [1.807, 2.05) is 19.0 Å². The topological polar surface area (TPSA) is 36.3 Å². The Morgan fingerprint density at radius 2 is 1.80 bits per heavy atom. The van der Waals surface area contributed by atoms with Gasteiger partial charge in [-0.2, -0.15) is 0 Å². The molecule has 0 bridgehead atoms. The van der Waals surface area contributed by atoms with Crippen LogP contribution in [0.2, 0.25) is 0 Å². The van der Waals surface area contributed by atoms with Crippen LogP contribution in [0.25, 0.3) is 5.53 Å². The van der Waals surface area contributed by atoms with Gasteiger partial charge in [0.05, 0.1) is 0 Å². The van der Waals surface area contributed by atoms with Crippen LogP contribution in [0.4, 0.5) is 0 Å². The molecule has 0 atom stereocenters. The minimum absolute atomic E-state index is 0.190. The van der Waals surface area contributed by atoms with Gasteiger partial charge in [0.2, 0.25) is 0 Å². The summed E-state index contributed by atoms with van der Waals surface area (Å²) < 4.78 is 0. The summed E-state index contributed by atoms with van der Waals surface area (Å²) in [5.41, 5.74) is 7.89. The van der Waals surface area contributed by atoms with Crippen LogP contribution in [0.1, 0.15) is 13.8 Å². The Balaban J connectivity index is 2.83. The van der Waals surface area contributed by atoms with E-state index < -0.39 is 0 Å². The van der Waals surface area contributed by atoms with Crippen molar-refractivity contribution < 1.29 is 5.11 Å². The van der Waals surface area contributed by atoms with Crippen LogP contribution in [0.5, 0.6) is 0 Å². The van der Waals surface area contributed by atoms with E-state index in [-0.39, 0.29) is 6.04 Å². The molecule has 0 amide bonds. The van der Waals surface area contributed by atoms with Crippen molar-refractivity contribution in [2.45, 2.75) is 19.9 Å². The van der Waals surface area contributed by atoms with Crippen LogP contribution in [0.3, 0.4) is 0 Å². The Morgan fingerprint density at radius 3 is 1.80 bits per heavy atom. The van der Waals surface area contributed by atoms with Gasteiger partial charge in [0.1, 0.15) is 6.04 Å². The van der Waals surface area contributed by atoms with Crippen molar-refractivity contribution in [1.82, 2.24) is 0 Å². The summed E-state index contributed by atoms with van der Waals surface area (Å²) in [5.74, 6) is 0. The van der Waals surface area contributed by atoms with E-state index in [4.69, 9.17) is 5.53 Å². The van der Waals surface area contributed by atoms with Gasteiger partial charge < -0.3 is 10.6 Å². The number of hydrogen-bond donors (Lipinski definition) is 1. The smallest absolute Gasteiger partial charge is 0.133 e. The fourth-order valence-electron chi connectivity index (χ4n) is 0. The molecule has 0 saturated carbocycles. The van der Waals surface area contributed by atoms with Crippen molar-refractivity contribution in [1.29, 1.82) is 0 Å². The lowest BCUT2D eigenvalue weighted by atomic mass is 10.4. The van der Waals surface area contributed by atoms with Crippen LogP contribution < -0.4 is 5.11 Å². The summed E-state index contributed by atoms with van der Waals surface area (Å²) in [6, 6.07) is 0.190. The lowest BCUT2D eigenvalue weighted by Gasteiger charge is -1.84. The first-order chi connectivity index (χ1) is 2.27. The van der Waals surface area contributed by atoms with Gasteiger partial charge in [-0.05, 0) is 13.8 Å². The minimum atomic E-state index is 0.190. The molecule has 0 spiro atoms.